The topological polar surface area (TPSA) is 117 Å². The Morgan fingerprint density at radius 2 is 2.10 bits per heavy atom. The normalized spacial score (nSPS) is 14.0. The molecule has 0 bridgehead atoms. The fraction of sp³-hybridized carbons (Fsp3) is 0.364. The van der Waals surface area contributed by atoms with E-state index in [1.165, 1.54) is 12.4 Å². The van der Waals surface area contributed by atoms with Gasteiger partial charge in [-0.25, -0.2) is 15.4 Å². The van der Waals surface area contributed by atoms with Crippen molar-refractivity contribution in [1.82, 2.24) is 20.8 Å². The molecule has 0 radical (unpaired) electrons. The molecule has 3 N–H and O–H groups in total. The van der Waals surface area contributed by atoms with E-state index >= 15 is 0 Å². The number of nitrogens with one attached hydrogen (secondary N) is 2. The molecule has 9 heteroatoms. The van der Waals surface area contributed by atoms with Gasteiger partial charge in [-0.05, 0) is 55.3 Å². The lowest BCUT2D eigenvalue weighted by atomic mass is 9.97. The number of rotatable bonds is 8. The molecule has 2 heterocycles. The van der Waals surface area contributed by atoms with Crippen LogP contribution in [-0.2, 0) is 6.54 Å². The third-order valence-corrected chi connectivity index (χ3v) is 5.51. The molecule has 1 fully saturated rings. The van der Waals surface area contributed by atoms with E-state index in [0.29, 0.717) is 24.0 Å². The second kappa shape index (κ2) is 10.5. The first kappa shape index (κ1) is 22.2. The van der Waals surface area contributed by atoms with Gasteiger partial charge in [0.15, 0.2) is 0 Å². The third kappa shape index (κ3) is 5.57. The summed E-state index contributed by atoms with van der Waals surface area (Å²) < 4.78 is 0. The van der Waals surface area contributed by atoms with Crippen molar-refractivity contribution in [3.05, 3.63) is 60.1 Å². The van der Waals surface area contributed by atoms with Gasteiger partial charge in [-0.2, -0.15) is 5.26 Å². The van der Waals surface area contributed by atoms with E-state index in [2.05, 4.69) is 32.8 Å². The number of hydrogen-bond donors (Lipinski definition) is 3. The first-order chi connectivity index (χ1) is 15.0. The third-order valence-electron chi connectivity index (χ3n) is 5.51. The molecule has 1 aliphatic rings. The maximum atomic E-state index is 11.4. The Labute approximate surface area is 182 Å². The number of carbonyl (C=O) groups excluding carboxylic acids is 1. The van der Waals surface area contributed by atoms with Crippen LogP contribution in [0.2, 0.25) is 0 Å². The summed E-state index contributed by atoms with van der Waals surface area (Å²) in [5, 5.41) is 21.4. The minimum absolute atomic E-state index is 0.215. The van der Waals surface area contributed by atoms with Crippen molar-refractivity contribution in [3.8, 4) is 6.07 Å². The molecule has 1 aromatic carbocycles. The fourth-order valence-electron chi connectivity index (χ4n) is 3.65. The number of hydrogen-bond acceptors (Lipinski definition) is 8. The van der Waals surface area contributed by atoms with Gasteiger partial charge in [0.05, 0.1) is 17.2 Å². The standard InChI is InChI=1S/C22H27N7O2/c1-3-28(2)20-5-4-17(11-23)10-18(20)13-24-12-16-6-8-29(9-7-16)22-25-14-19(15-26-22)21(30)27-31/h3-5,10,14-16,24,31H,1,6-9,12-13H2,2H3,(H,27,30). The van der Waals surface area contributed by atoms with E-state index < -0.39 is 5.91 Å². The van der Waals surface area contributed by atoms with Crippen LogP contribution in [0.1, 0.15) is 34.3 Å². The number of nitriles is 1. The van der Waals surface area contributed by atoms with Crippen molar-refractivity contribution in [2.45, 2.75) is 19.4 Å². The summed E-state index contributed by atoms with van der Waals surface area (Å²) in [6.07, 6.45) is 6.59. The van der Waals surface area contributed by atoms with Crippen LogP contribution in [0.5, 0.6) is 0 Å². The monoisotopic (exact) mass is 421 g/mol. The zero-order valence-electron chi connectivity index (χ0n) is 17.6. The van der Waals surface area contributed by atoms with Gasteiger partial charge < -0.3 is 15.1 Å². The van der Waals surface area contributed by atoms with Crippen LogP contribution < -0.4 is 20.6 Å². The SMILES string of the molecule is C=CN(C)c1ccc(C#N)cc1CNCC1CCN(c2ncc(C(=O)NO)cn2)CC1. The summed E-state index contributed by atoms with van der Waals surface area (Å²) in [5.74, 6) is 0.501. The second-order valence-electron chi connectivity index (χ2n) is 7.52. The van der Waals surface area contributed by atoms with E-state index in [9.17, 15) is 10.1 Å². The molecular weight excluding hydrogens is 394 g/mol. The lowest BCUT2D eigenvalue weighted by Crippen LogP contribution is -2.38. The van der Waals surface area contributed by atoms with Crippen LogP contribution in [0, 0.1) is 17.2 Å². The van der Waals surface area contributed by atoms with Crippen molar-refractivity contribution in [2.75, 3.05) is 36.5 Å². The van der Waals surface area contributed by atoms with Gasteiger partial charge >= 0.3 is 0 Å². The summed E-state index contributed by atoms with van der Waals surface area (Å²) >= 11 is 0. The number of hydroxylamine groups is 1. The molecule has 0 atom stereocenters. The number of nitrogens with zero attached hydrogens (tertiary/aromatic N) is 5. The van der Waals surface area contributed by atoms with Gasteiger partial charge in [0.25, 0.3) is 5.91 Å². The Bertz CT molecular complexity index is 947. The predicted octanol–water partition coefficient (Wildman–Crippen LogP) is 2.05. The molecule has 9 nitrogen and oxygen atoms in total. The van der Waals surface area contributed by atoms with Crippen molar-refractivity contribution >= 4 is 17.5 Å². The van der Waals surface area contributed by atoms with E-state index in [-0.39, 0.29) is 5.56 Å². The molecule has 1 aromatic heterocycles. The van der Waals surface area contributed by atoms with Gasteiger partial charge in [0.1, 0.15) is 0 Å². The smallest absolute Gasteiger partial charge is 0.277 e. The highest BCUT2D eigenvalue weighted by Gasteiger charge is 2.21. The summed E-state index contributed by atoms with van der Waals surface area (Å²) in [5.41, 5.74) is 4.54. The van der Waals surface area contributed by atoms with Gasteiger partial charge in [0.2, 0.25) is 5.95 Å². The molecule has 162 valence electrons. The number of piperidine rings is 1. The van der Waals surface area contributed by atoms with E-state index in [0.717, 1.165) is 43.7 Å². The van der Waals surface area contributed by atoms with Crippen LogP contribution >= 0.6 is 0 Å². The minimum atomic E-state index is -0.626. The van der Waals surface area contributed by atoms with Gasteiger partial charge in [-0.1, -0.05) is 6.58 Å². The Hall–Kier alpha value is -3.48. The largest absolute Gasteiger partial charge is 0.351 e. The molecule has 1 amide bonds. The summed E-state index contributed by atoms with van der Waals surface area (Å²) in [6.45, 7) is 7.07. The zero-order valence-corrected chi connectivity index (χ0v) is 17.6. The van der Waals surface area contributed by atoms with Crippen LogP contribution in [0.4, 0.5) is 11.6 Å². The molecular formula is C22H27N7O2. The van der Waals surface area contributed by atoms with Crippen molar-refractivity contribution < 1.29 is 10.0 Å². The molecule has 0 aliphatic carbocycles. The molecule has 31 heavy (non-hydrogen) atoms. The predicted molar refractivity (Wildman–Crippen MR) is 118 cm³/mol. The zero-order chi connectivity index (χ0) is 22.2. The molecule has 0 spiro atoms. The minimum Gasteiger partial charge on any atom is -0.351 e. The summed E-state index contributed by atoms with van der Waals surface area (Å²) in [6, 6.07) is 7.89. The first-order valence-corrected chi connectivity index (χ1v) is 10.2. The van der Waals surface area contributed by atoms with Crippen LogP contribution in [0.15, 0.2) is 43.4 Å². The van der Waals surface area contributed by atoms with Gasteiger partial charge in [-0.3, -0.25) is 10.0 Å². The Morgan fingerprint density at radius 3 is 2.71 bits per heavy atom. The number of amides is 1. The van der Waals surface area contributed by atoms with Crippen molar-refractivity contribution in [3.63, 3.8) is 0 Å². The molecule has 2 aromatic rings. The number of aromatic nitrogens is 2. The molecule has 3 rings (SSSR count). The van der Waals surface area contributed by atoms with Crippen LogP contribution in [-0.4, -0.2) is 47.8 Å². The molecule has 0 unspecified atom stereocenters. The summed E-state index contributed by atoms with van der Waals surface area (Å²) in [7, 11) is 1.94. The van der Waals surface area contributed by atoms with Gasteiger partial charge in [-0.15, -0.1) is 0 Å². The quantitative estimate of drug-likeness (QED) is 0.438. The van der Waals surface area contributed by atoms with Crippen molar-refractivity contribution in [2.24, 2.45) is 5.92 Å². The van der Waals surface area contributed by atoms with Gasteiger partial charge in [0, 0.05) is 44.8 Å². The van der Waals surface area contributed by atoms with E-state index in [1.807, 2.05) is 30.1 Å². The maximum absolute atomic E-state index is 11.4. The Balaban J connectivity index is 1.50. The number of benzene rings is 1. The molecule has 1 saturated heterocycles. The first-order valence-electron chi connectivity index (χ1n) is 10.2. The number of anilines is 2. The van der Waals surface area contributed by atoms with E-state index in [1.54, 1.807) is 11.7 Å². The lowest BCUT2D eigenvalue weighted by molar-refractivity contribution is 0.0705. The van der Waals surface area contributed by atoms with E-state index in [4.69, 9.17) is 5.21 Å². The maximum Gasteiger partial charge on any atom is 0.277 e. The fourth-order valence-corrected chi connectivity index (χ4v) is 3.65. The highest BCUT2D eigenvalue weighted by atomic mass is 16.5. The number of carbonyl (C=O) groups is 1. The molecule has 0 saturated carbocycles. The van der Waals surface area contributed by atoms with Crippen LogP contribution in [0.25, 0.3) is 0 Å². The Kier molecular flexibility index (Phi) is 7.54. The Morgan fingerprint density at radius 1 is 1.39 bits per heavy atom. The highest BCUT2D eigenvalue weighted by Crippen LogP contribution is 2.23. The second-order valence-corrected chi connectivity index (χ2v) is 7.52. The van der Waals surface area contributed by atoms with Crippen molar-refractivity contribution in [1.29, 1.82) is 5.26 Å². The van der Waals surface area contributed by atoms with Crippen LogP contribution in [0.3, 0.4) is 0 Å². The molecule has 1 aliphatic heterocycles. The summed E-state index contributed by atoms with van der Waals surface area (Å²) in [4.78, 5) is 23.9. The lowest BCUT2D eigenvalue weighted by Gasteiger charge is -2.32. The average Bonchev–Trinajstić information content (AvgIpc) is 2.83. The average molecular weight is 422 g/mol. The highest BCUT2D eigenvalue weighted by molar-refractivity contribution is 5.92.